The minimum Gasteiger partial charge on any atom is -0.351 e. The van der Waals surface area contributed by atoms with Crippen LogP contribution < -0.4 is 5.32 Å². The molecule has 0 radical (unpaired) electrons. The Kier molecular flexibility index (Phi) is 2.57. The van der Waals surface area contributed by atoms with Gasteiger partial charge in [-0.15, -0.1) is 0 Å². The fourth-order valence-electron chi connectivity index (χ4n) is 1.85. The van der Waals surface area contributed by atoms with Crippen LogP contribution in [0.2, 0.25) is 0 Å². The van der Waals surface area contributed by atoms with Crippen molar-refractivity contribution in [2.24, 2.45) is 0 Å². The van der Waals surface area contributed by atoms with E-state index in [9.17, 15) is 4.79 Å². The number of aromatic amines is 2. The van der Waals surface area contributed by atoms with Crippen molar-refractivity contribution < 1.29 is 4.79 Å². The molecule has 5 nitrogen and oxygen atoms in total. The van der Waals surface area contributed by atoms with E-state index in [-0.39, 0.29) is 5.91 Å². The lowest BCUT2D eigenvalue weighted by Gasteiger charge is -2.00. The summed E-state index contributed by atoms with van der Waals surface area (Å²) in [5, 5.41) is 10.4. The Bertz CT molecular complexity index is 636. The molecule has 0 aliphatic heterocycles. The molecule has 1 amide bonds. The number of hydrogen-bond acceptors (Lipinski definition) is 2. The Morgan fingerprint density at radius 2 is 2.22 bits per heavy atom. The number of hydrogen-bond donors (Lipinski definition) is 3. The molecule has 0 aliphatic carbocycles. The fourth-order valence-corrected chi connectivity index (χ4v) is 1.85. The second kappa shape index (κ2) is 4.37. The first-order valence-electron chi connectivity index (χ1n) is 5.66. The van der Waals surface area contributed by atoms with Crippen LogP contribution in [0.4, 0.5) is 0 Å². The van der Waals surface area contributed by atoms with Crippen molar-refractivity contribution in [3.05, 3.63) is 54.0 Å². The highest BCUT2D eigenvalue weighted by molar-refractivity contribution is 5.97. The van der Waals surface area contributed by atoms with Crippen LogP contribution in [0.25, 0.3) is 10.9 Å². The van der Waals surface area contributed by atoms with Gasteiger partial charge < -0.3 is 10.3 Å². The van der Waals surface area contributed by atoms with E-state index in [2.05, 4.69) is 20.5 Å². The SMILES string of the molecule is O=C(NCc1cn[nH]c1)c1cc2ccccc2[nH]1. The second-order valence-electron chi connectivity index (χ2n) is 4.06. The van der Waals surface area contributed by atoms with Gasteiger partial charge in [0.15, 0.2) is 0 Å². The number of aromatic nitrogens is 3. The van der Waals surface area contributed by atoms with Crippen LogP contribution in [0.5, 0.6) is 0 Å². The molecule has 2 aromatic heterocycles. The van der Waals surface area contributed by atoms with E-state index in [0.717, 1.165) is 16.5 Å². The Balaban J connectivity index is 1.75. The van der Waals surface area contributed by atoms with Crippen LogP contribution >= 0.6 is 0 Å². The monoisotopic (exact) mass is 240 g/mol. The van der Waals surface area contributed by atoms with E-state index < -0.39 is 0 Å². The van der Waals surface area contributed by atoms with Crippen LogP contribution in [-0.2, 0) is 6.54 Å². The van der Waals surface area contributed by atoms with E-state index in [0.29, 0.717) is 12.2 Å². The van der Waals surface area contributed by atoms with Gasteiger partial charge in [-0.1, -0.05) is 18.2 Å². The molecule has 5 heteroatoms. The molecule has 0 atom stereocenters. The maximum Gasteiger partial charge on any atom is 0.267 e. The lowest BCUT2D eigenvalue weighted by atomic mass is 10.2. The largest absolute Gasteiger partial charge is 0.351 e. The summed E-state index contributed by atoms with van der Waals surface area (Å²) in [6, 6.07) is 9.65. The molecule has 18 heavy (non-hydrogen) atoms. The summed E-state index contributed by atoms with van der Waals surface area (Å²) in [7, 11) is 0. The predicted molar refractivity (Wildman–Crippen MR) is 68.1 cm³/mol. The van der Waals surface area contributed by atoms with Crippen molar-refractivity contribution in [1.82, 2.24) is 20.5 Å². The Morgan fingerprint density at radius 1 is 1.33 bits per heavy atom. The number of benzene rings is 1. The summed E-state index contributed by atoms with van der Waals surface area (Å²) >= 11 is 0. The molecular formula is C13H12N4O. The molecule has 0 bridgehead atoms. The second-order valence-corrected chi connectivity index (χ2v) is 4.06. The first-order valence-corrected chi connectivity index (χ1v) is 5.66. The molecule has 3 aromatic rings. The first-order chi connectivity index (χ1) is 8.83. The predicted octanol–water partition coefficient (Wildman–Crippen LogP) is 1.82. The molecule has 2 heterocycles. The highest BCUT2D eigenvalue weighted by Gasteiger charge is 2.08. The van der Waals surface area contributed by atoms with Crippen molar-refractivity contribution in [1.29, 1.82) is 0 Å². The van der Waals surface area contributed by atoms with Gasteiger partial charge in [0.05, 0.1) is 6.20 Å². The van der Waals surface area contributed by atoms with E-state index in [1.54, 1.807) is 12.4 Å². The zero-order chi connectivity index (χ0) is 12.4. The van der Waals surface area contributed by atoms with Gasteiger partial charge in [0.25, 0.3) is 5.91 Å². The fraction of sp³-hybridized carbons (Fsp3) is 0.0769. The normalized spacial score (nSPS) is 10.7. The molecule has 0 saturated carbocycles. The molecule has 3 rings (SSSR count). The lowest BCUT2D eigenvalue weighted by Crippen LogP contribution is -2.22. The summed E-state index contributed by atoms with van der Waals surface area (Å²) in [6.07, 6.45) is 3.44. The van der Waals surface area contributed by atoms with Gasteiger partial charge >= 0.3 is 0 Å². The number of nitrogens with zero attached hydrogens (tertiary/aromatic N) is 1. The lowest BCUT2D eigenvalue weighted by molar-refractivity contribution is 0.0947. The molecule has 0 aliphatic rings. The third-order valence-corrected chi connectivity index (χ3v) is 2.78. The van der Waals surface area contributed by atoms with Gasteiger partial charge in [-0.25, -0.2) is 0 Å². The van der Waals surface area contributed by atoms with Gasteiger partial charge in [0.1, 0.15) is 5.69 Å². The molecule has 1 aromatic carbocycles. The number of H-pyrrole nitrogens is 2. The smallest absolute Gasteiger partial charge is 0.267 e. The van der Waals surface area contributed by atoms with Crippen molar-refractivity contribution >= 4 is 16.8 Å². The Labute approximate surface area is 103 Å². The zero-order valence-electron chi connectivity index (χ0n) is 9.60. The molecule has 0 saturated heterocycles. The average Bonchev–Trinajstić information content (AvgIpc) is 3.04. The average molecular weight is 240 g/mol. The maximum atomic E-state index is 11.9. The first kappa shape index (κ1) is 10.6. The van der Waals surface area contributed by atoms with Crippen LogP contribution in [0.15, 0.2) is 42.7 Å². The standard InChI is InChI=1S/C13H12N4O/c18-13(14-6-9-7-15-16-8-9)12-5-10-3-1-2-4-11(10)17-12/h1-5,7-8,17H,6H2,(H,14,18)(H,15,16). The van der Waals surface area contributed by atoms with Gasteiger partial charge in [0.2, 0.25) is 0 Å². The molecule has 90 valence electrons. The number of amides is 1. The third-order valence-electron chi connectivity index (χ3n) is 2.78. The van der Waals surface area contributed by atoms with Crippen LogP contribution in [-0.4, -0.2) is 21.1 Å². The molecule has 0 unspecified atom stereocenters. The summed E-state index contributed by atoms with van der Waals surface area (Å²) < 4.78 is 0. The number of carbonyl (C=O) groups excluding carboxylic acids is 1. The Morgan fingerprint density at radius 3 is 3.00 bits per heavy atom. The van der Waals surface area contributed by atoms with E-state index in [4.69, 9.17) is 0 Å². The van der Waals surface area contributed by atoms with Crippen LogP contribution in [0.1, 0.15) is 16.1 Å². The number of carbonyl (C=O) groups is 1. The topological polar surface area (TPSA) is 73.6 Å². The Hall–Kier alpha value is -2.56. The van der Waals surface area contributed by atoms with E-state index in [1.165, 1.54) is 0 Å². The highest BCUT2D eigenvalue weighted by atomic mass is 16.1. The third kappa shape index (κ3) is 1.98. The van der Waals surface area contributed by atoms with Gasteiger partial charge in [-0.2, -0.15) is 5.10 Å². The highest BCUT2D eigenvalue weighted by Crippen LogP contribution is 2.14. The van der Waals surface area contributed by atoms with Gasteiger partial charge in [-0.05, 0) is 12.1 Å². The van der Waals surface area contributed by atoms with E-state index >= 15 is 0 Å². The summed E-state index contributed by atoms with van der Waals surface area (Å²) in [6.45, 7) is 0.463. The van der Waals surface area contributed by atoms with Crippen molar-refractivity contribution in [2.45, 2.75) is 6.54 Å². The van der Waals surface area contributed by atoms with Crippen molar-refractivity contribution in [2.75, 3.05) is 0 Å². The quantitative estimate of drug-likeness (QED) is 0.653. The summed E-state index contributed by atoms with van der Waals surface area (Å²) in [5.74, 6) is -0.118. The number of para-hydroxylation sites is 1. The molecule has 0 fully saturated rings. The van der Waals surface area contributed by atoms with Crippen molar-refractivity contribution in [3.63, 3.8) is 0 Å². The maximum absolute atomic E-state index is 11.9. The summed E-state index contributed by atoms with van der Waals surface area (Å²) in [4.78, 5) is 15.0. The number of fused-ring (bicyclic) bond motifs is 1. The molecule has 3 N–H and O–H groups in total. The summed E-state index contributed by atoms with van der Waals surface area (Å²) in [5.41, 5.74) is 2.48. The molecular weight excluding hydrogens is 228 g/mol. The van der Waals surface area contributed by atoms with E-state index in [1.807, 2.05) is 30.3 Å². The van der Waals surface area contributed by atoms with Crippen molar-refractivity contribution in [3.8, 4) is 0 Å². The van der Waals surface area contributed by atoms with Crippen LogP contribution in [0.3, 0.4) is 0 Å². The van der Waals surface area contributed by atoms with Gasteiger partial charge in [0, 0.05) is 29.2 Å². The van der Waals surface area contributed by atoms with Gasteiger partial charge in [-0.3, -0.25) is 9.89 Å². The minimum absolute atomic E-state index is 0.118. The minimum atomic E-state index is -0.118. The molecule has 0 spiro atoms. The zero-order valence-corrected chi connectivity index (χ0v) is 9.60. The number of rotatable bonds is 3. The van der Waals surface area contributed by atoms with Crippen LogP contribution in [0, 0.1) is 0 Å². The number of nitrogens with one attached hydrogen (secondary N) is 3.